The maximum atomic E-state index is 10.9. The zero-order valence-corrected chi connectivity index (χ0v) is 14.6. The number of benzene rings is 2. The second-order valence-electron chi connectivity index (χ2n) is 4.53. The molecule has 1 amide bonds. The number of nitrogens with zero attached hydrogens (tertiary/aromatic N) is 1. The molecule has 2 aromatic carbocycles. The molecule has 0 atom stereocenters. The van der Waals surface area contributed by atoms with Gasteiger partial charge < -0.3 is 15.2 Å². The van der Waals surface area contributed by atoms with Crippen LogP contribution < -0.4 is 20.6 Å². The van der Waals surface area contributed by atoms with Crippen molar-refractivity contribution in [3.63, 3.8) is 0 Å². The fourth-order valence-corrected chi connectivity index (χ4v) is 2.57. The summed E-state index contributed by atoms with van der Waals surface area (Å²) in [6.07, 6.45) is 1.68. The average Bonchev–Trinajstić information content (AvgIpc) is 2.54. The van der Waals surface area contributed by atoms with Crippen LogP contribution in [0.1, 0.15) is 5.56 Å². The number of hydrazone groups is 1. The molecular formula is C16H16IN3O3. The molecule has 23 heavy (non-hydrogen) atoms. The first-order valence-corrected chi connectivity index (χ1v) is 7.81. The fraction of sp³-hybridized carbons (Fsp3) is 0.125. The van der Waals surface area contributed by atoms with Crippen LogP contribution in [0.2, 0.25) is 0 Å². The first-order chi connectivity index (χ1) is 11.1. The number of methoxy groups -OCH3 is 1. The number of hydrogen-bond donors (Lipinski definition) is 2. The molecule has 0 spiro atoms. The number of amides is 1. The SMILES string of the molecule is COc1cc(C=NNc2ccccc2)cc(I)c1OCC(N)=O. The lowest BCUT2D eigenvalue weighted by Crippen LogP contribution is -2.20. The lowest BCUT2D eigenvalue weighted by molar-refractivity contribution is -0.119. The number of nitrogens with one attached hydrogen (secondary N) is 1. The summed E-state index contributed by atoms with van der Waals surface area (Å²) in [6, 6.07) is 13.3. The van der Waals surface area contributed by atoms with Gasteiger partial charge >= 0.3 is 0 Å². The molecule has 0 aliphatic heterocycles. The first-order valence-electron chi connectivity index (χ1n) is 6.73. The molecule has 120 valence electrons. The van der Waals surface area contributed by atoms with E-state index in [9.17, 15) is 4.79 Å². The van der Waals surface area contributed by atoms with Gasteiger partial charge in [-0.25, -0.2) is 0 Å². The number of nitrogens with two attached hydrogens (primary N) is 1. The number of halogens is 1. The van der Waals surface area contributed by atoms with Gasteiger partial charge in [0.25, 0.3) is 5.91 Å². The second kappa shape index (κ2) is 8.37. The molecule has 7 heteroatoms. The molecule has 0 saturated heterocycles. The van der Waals surface area contributed by atoms with E-state index >= 15 is 0 Å². The molecule has 2 rings (SSSR count). The van der Waals surface area contributed by atoms with E-state index in [1.807, 2.05) is 36.4 Å². The van der Waals surface area contributed by atoms with Crippen molar-refractivity contribution in [2.75, 3.05) is 19.1 Å². The summed E-state index contributed by atoms with van der Waals surface area (Å²) in [7, 11) is 1.53. The Labute approximate surface area is 147 Å². The average molecular weight is 425 g/mol. The largest absolute Gasteiger partial charge is 0.493 e. The quantitative estimate of drug-likeness (QED) is 0.406. The Hall–Kier alpha value is -2.29. The normalized spacial score (nSPS) is 10.5. The van der Waals surface area contributed by atoms with Crippen molar-refractivity contribution < 1.29 is 14.3 Å². The van der Waals surface area contributed by atoms with Crippen LogP contribution >= 0.6 is 22.6 Å². The van der Waals surface area contributed by atoms with E-state index in [1.165, 1.54) is 7.11 Å². The van der Waals surface area contributed by atoms with Gasteiger partial charge in [-0.1, -0.05) is 18.2 Å². The maximum Gasteiger partial charge on any atom is 0.255 e. The van der Waals surface area contributed by atoms with Crippen molar-refractivity contribution in [3.05, 3.63) is 51.6 Å². The van der Waals surface area contributed by atoms with Crippen LogP contribution in [0.3, 0.4) is 0 Å². The summed E-state index contributed by atoms with van der Waals surface area (Å²) < 4.78 is 11.5. The molecule has 6 nitrogen and oxygen atoms in total. The van der Waals surface area contributed by atoms with Gasteiger partial charge in [-0.2, -0.15) is 5.10 Å². The standard InChI is InChI=1S/C16H16IN3O3/c1-22-14-8-11(7-13(17)16(14)23-10-15(18)21)9-19-20-12-5-3-2-4-6-12/h2-9,20H,10H2,1H3,(H2,18,21). The van der Waals surface area contributed by atoms with Gasteiger partial charge in [0.05, 0.1) is 22.6 Å². The molecule has 0 heterocycles. The smallest absolute Gasteiger partial charge is 0.255 e. The maximum absolute atomic E-state index is 10.9. The highest BCUT2D eigenvalue weighted by Gasteiger charge is 2.12. The number of hydrogen-bond acceptors (Lipinski definition) is 5. The van der Waals surface area contributed by atoms with Crippen molar-refractivity contribution in [1.82, 2.24) is 0 Å². The van der Waals surface area contributed by atoms with Gasteiger partial charge in [-0.15, -0.1) is 0 Å². The lowest BCUT2D eigenvalue weighted by atomic mass is 10.2. The zero-order valence-electron chi connectivity index (χ0n) is 12.5. The zero-order chi connectivity index (χ0) is 16.7. The molecule has 0 aliphatic rings. The van der Waals surface area contributed by atoms with E-state index in [2.05, 4.69) is 33.1 Å². The van der Waals surface area contributed by atoms with Gasteiger partial charge in [0.2, 0.25) is 0 Å². The Morgan fingerprint density at radius 3 is 2.74 bits per heavy atom. The van der Waals surface area contributed by atoms with Gasteiger partial charge in [0, 0.05) is 0 Å². The minimum atomic E-state index is -0.541. The van der Waals surface area contributed by atoms with Crippen molar-refractivity contribution in [2.45, 2.75) is 0 Å². The third-order valence-electron chi connectivity index (χ3n) is 2.79. The number of carbonyl (C=O) groups is 1. The van der Waals surface area contributed by atoms with Gasteiger partial charge in [-0.05, 0) is 52.4 Å². The van der Waals surface area contributed by atoms with E-state index in [-0.39, 0.29) is 6.61 Å². The Bertz CT molecular complexity index is 705. The van der Waals surface area contributed by atoms with Crippen LogP contribution in [0.4, 0.5) is 5.69 Å². The van der Waals surface area contributed by atoms with E-state index in [4.69, 9.17) is 15.2 Å². The van der Waals surface area contributed by atoms with Gasteiger partial charge in [0.15, 0.2) is 18.1 Å². The number of rotatable bonds is 7. The number of carbonyl (C=O) groups excluding carboxylic acids is 1. The Kier molecular flexibility index (Phi) is 6.21. The minimum absolute atomic E-state index is 0.199. The van der Waals surface area contributed by atoms with Crippen molar-refractivity contribution in [2.24, 2.45) is 10.8 Å². The topological polar surface area (TPSA) is 85.9 Å². The number of anilines is 1. The molecule has 3 N–H and O–H groups in total. The summed E-state index contributed by atoms with van der Waals surface area (Å²) in [4.78, 5) is 10.9. The van der Waals surface area contributed by atoms with Gasteiger partial charge in [0.1, 0.15) is 0 Å². The van der Waals surface area contributed by atoms with E-state index < -0.39 is 5.91 Å². The third kappa shape index (κ3) is 5.13. The van der Waals surface area contributed by atoms with E-state index in [1.54, 1.807) is 12.3 Å². The number of para-hydroxylation sites is 1. The van der Waals surface area contributed by atoms with Crippen molar-refractivity contribution in [1.29, 1.82) is 0 Å². The lowest BCUT2D eigenvalue weighted by Gasteiger charge is -2.12. The predicted molar refractivity (Wildman–Crippen MR) is 98.1 cm³/mol. The molecule has 0 saturated carbocycles. The minimum Gasteiger partial charge on any atom is -0.493 e. The van der Waals surface area contributed by atoms with Gasteiger partial charge in [-0.3, -0.25) is 10.2 Å². The Balaban J connectivity index is 2.13. The molecular weight excluding hydrogens is 409 g/mol. The molecule has 0 aromatic heterocycles. The molecule has 0 fully saturated rings. The monoisotopic (exact) mass is 425 g/mol. The molecule has 0 unspecified atom stereocenters. The highest BCUT2D eigenvalue weighted by molar-refractivity contribution is 14.1. The van der Waals surface area contributed by atoms with Crippen LogP contribution in [0, 0.1) is 3.57 Å². The number of primary amides is 1. The molecule has 0 aliphatic carbocycles. The Morgan fingerprint density at radius 2 is 2.09 bits per heavy atom. The summed E-state index contributed by atoms with van der Waals surface area (Å²) in [6.45, 7) is -0.199. The predicted octanol–water partition coefficient (Wildman–Crippen LogP) is 2.61. The summed E-state index contributed by atoms with van der Waals surface area (Å²) in [5.74, 6) is 0.458. The van der Waals surface area contributed by atoms with E-state index in [0.29, 0.717) is 11.5 Å². The second-order valence-corrected chi connectivity index (χ2v) is 5.69. The number of ether oxygens (including phenoxy) is 2. The van der Waals surface area contributed by atoms with Crippen LogP contribution in [0.15, 0.2) is 47.6 Å². The van der Waals surface area contributed by atoms with Crippen LogP contribution in [0.25, 0.3) is 0 Å². The third-order valence-corrected chi connectivity index (χ3v) is 3.59. The summed E-state index contributed by atoms with van der Waals surface area (Å²) >= 11 is 2.11. The van der Waals surface area contributed by atoms with Crippen LogP contribution in [0.5, 0.6) is 11.5 Å². The van der Waals surface area contributed by atoms with Crippen molar-refractivity contribution in [3.8, 4) is 11.5 Å². The highest BCUT2D eigenvalue weighted by Crippen LogP contribution is 2.33. The highest BCUT2D eigenvalue weighted by atomic mass is 127. The summed E-state index contributed by atoms with van der Waals surface area (Å²) in [5, 5.41) is 4.18. The Morgan fingerprint density at radius 1 is 1.35 bits per heavy atom. The molecule has 0 bridgehead atoms. The molecule has 0 radical (unpaired) electrons. The van der Waals surface area contributed by atoms with Crippen molar-refractivity contribution >= 4 is 40.4 Å². The first kappa shape index (κ1) is 17.1. The van der Waals surface area contributed by atoms with Crippen LogP contribution in [-0.2, 0) is 4.79 Å². The van der Waals surface area contributed by atoms with E-state index in [0.717, 1.165) is 14.8 Å². The van der Waals surface area contributed by atoms with Crippen LogP contribution in [-0.4, -0.2) is 25.8 Å². The molecule has 2 aromatic rings. The summed E-state index contributed by atoms with van der Waals surface area (Å²) in [5.41, 5.74) is 9.76. The fourth-order valence-electron chi connectivity index (χ4n) is 1.79.